The fourth-order valence-electron chi connectivity index (χ4n) is 1.96. The Morgan fingerprint density at radius 3 is 2.55 bits per heavy atom. The second-order valence-corrected chi connectivity index (χ2v) is 4.57. The van der Waals surface area contributed by atoms with Crippen molar-refractivity contribution >= 4 is 6.03 Å². The number of hydrogen-bond donors (Lipinski definition) is 1. The lowest BCUT2D eigenvalue weighted by molar-refractivity contribution is 0.201. The van der Waals surface area contributed by atoms with E-state index < -0.39 is 0 Å². The second kappa shape index (κ2) is 7.44. The lowest BCUT2D eigenvalue weighted by Crippen LogP contribution is -2.39. The zero-order chi connectivity index (χ0) is 15.9. The van der Waals surface area contributed by atoms with Crippen LogP contribution < -0.4 is 10.1 Å². The van der Waals surface area contributed by atoms with Crippen molar-refractivity contribution in [3.63, 3.8) is 0 Å². The van der Waals surface area contributed by atoms with Gasteiger partial charge in [0, 0.05) is 18.7 Å². The maximum absolute atomic E-state index is 11.8. The number of aromatic nitrogens is 2. The maximum Gasteiger partial charge on any atom is 0.317 e. The number of ether oxygens (including phenoxy) is 1. The highest BCUT2D eigenvalue weighted by Gasteiger charge is 2.12. The molecule has 1 aromatic carbocycles. The zero-order valence-corrected chi connectivity index (χ0v) is 13.0. The van der Waals surface area contributed by atoms with Gasteiger partial charge in [-0.25, -0.2) is 4.79 Å². The minimum absolute atomic E-state index is 0.144. The average molecular weight is 304 g/mol. The van der Waals surface area contributed by atoms with Crippen LogP contribution in [0.4, 0.5) is 4.79 Å². The van der Waals surface area contributed by atoms with Gasteiger partial charge in [-0.1, -0.05) is 5.16 Å². The highest BCUT2D eigenvalue weighted by molar-refractivity contribution is 5.73. The van der Waals surface area contributed by atoms with Crippen LogP contribution in [0.25, 0.3) is 11.4 Å². The Labute approximate surface area is 129 Å². The first-order valence-corrected chi connectivity index (χ1v) is 7.17. The number of urea groups is 1. The summed E-state index contributed by atoms with van der Waals surface area (Å²) in [5.74, 6) is 1.61. The van der Waals surface area contributed by atoms with Gasteiger partial charge in [0.2, 0.25) is 11.7 Å². The van der Waals surface area contributed by atoms with Crippen molar-refractivity contribution in [2.24, 2.45) is 0 Å². The normalized spacial score (nSPS) is 10.3. The lowest BCUT2D eigenvalue weighted by Gasteiger charge is -2.18. The lowest BCUT2D eigenvalue weighted by atomic mass is 10.2. The van der Waals surface area contributed by atoms with Gasteiger partial charge in [0.25, 0.3) is 0 Å². The minimum atomic E-state index is -0.144. The van der Waals surface area contributed by atoms with Crippen LogP contribution in [-0.4, -0.2) is 41.3 Å². The van der Waals surface area contributed by atoms with E-state index in [0.717, 1.165) is 11.3 Å². The molecule has 0 radical (unpaired) electrons. The minimum Gasteiger partial charge on any atom is -0.497 e. The van der Waals surface area contributed by atoms with E-state index in [4.69, 9.17) is 9.26 Å². The van der Waals surface area contributed by atoms with E-state index in [2.05, 4.69) is 15.5 Å². The van der Waals surface area contributed by atoms with Crippen LogP contribution >= 0.6 is 0 Å². The van der Waals surface area contributed by atoms with Gasteiger partial charge in [-0.3, -0.25) is 0 Å². The molecule has 7 heteroatoms. The van der Waals surface area contributed by atoms with Crippen molar-refractivity contribution in [3.05, 3.63) is 30.2 Å². The Kier molecular flexibility index (Phi) is 5.35. The molecule has 1 N–H and O–H groups in total. The number of rotatable bonds is 6. The van der Waals surface area contributed by atoms with Gasteiger partial charge in [0.05, 0.1) is 13.7 Å². The van der Waals surface area contributed by atoms with Crippen molar-refractivity contribution < 1.29 is 14.1 Å². The first kappa shape index (κ1) is 15.8. The summed E-state index contributed by atoms with van der Waals surface area (Å²) in [5, 5.41) is 6.67. The largest absolute Gasteiger partial charge is 0.497 e. The maximum atomic E-state index is 11.8. The number of carbonyl (C=O) groups excluding carboxylic acids is 1. The highest BCUT2D eigenvalue weighted by atomic mass is 16.5. The first-order chi connectivity index (χ1) is 10.7. The number of carbonyl (C=O) groups is 1. The van der Waals surface area contributed by atoms with E-state index in [1.165, 1.54) is 0 Å². The molecule has 118 valence electrons. The number of hydrogen-bond acceptors (Lipinski definition) is 5. The topological polar surface area (TPSA) is 80.5 Å². The van der Waals surface area contributed by atoms with Crippen molar-refractivity contribution in [1.29, 1.82) is 0 Å². The third-order valence-electron chi connectivity index (χ3n) is 3.26. The number of methoxy groups -OCH3 is 1. The fraction of sp³-hybridized carbons (Fsp3) is 0.400. The molecule has 0 unspecified atom stereocenters. The molecule has 0 fully saturated rings. The molecule has 0 bridgehead atoms. The molecule has 0 saturated carbocycles. The van der Waals surface area contributed by atoms with Gasteiger partial charge in [0.15, 0.2) is 0 Å². The van der Waals surface area contributed by atoms with Gasteiger partial charge >= 0.3 is 6.03 Å². The number of nitrogens with zero attached hydrogens (tertiary/aromatic N) is 3. The molecule has 0 aliphatic heterocycles. The predicted octanol–water partition coefficient (Wildman–Crippen LogP) is 2.30. The van der Waals surface area contributed by atoms with Crippen molar-refractivity contribution in [1.82, 2.24) is 20.4 Å². The average Bonchev–Trinajstić information content (AvgIpc) is 3.03. The Morgan fingerprint density at radius 1 is 1.27 bits per heavy atom. The van der Waals surface area contributed by atoms with Crippen LogP contribution in [-0.2, 0) is 6.54 Å². The zero-order valence-electron chi connectivity index (χ0n) is 13.0. The van der Waals surface area contributed by atoms with Gasteiger partial charge in [0.1, 0.15) is 5.75 Å². The molecule has 22 heavy (non-hydrogen) atoms. The first-order valence-electron chi connectivity index (χ1n) is 7.17. The monoisotopic (exact) mass is 304 g/mol. The van der Waals surface area contributed by atoms with Crippen LogP contribution in [0.15, 0.2) is 28.8 Å². The SMILES string of the molecule is CCN(CC)C(=O)NCc1nc(-c2ccc(OC)cc2)no1. The van der Waals surface area contributed by atoms with Crippen molar-refractivity contribution in [3.8, 4) is 17.1 Å². The second-order valence-electron chi connectivity index (χ2n) is 4.57. The molecular weight excluding hydrogens is 284 g/mol. The summed E-state index contributed by atoms with van der Waals surface area (Å²) in [6, 6.07) is 7.21. The summed E-state index contributed by atoms with van der Waals surface area (Å²) >= 11 is 0. The van der Waals surface area contributed by atoms with E-state index in [9.17, 15) is 4.79 Å². The van der Waals surface area contributed by atoms with Crippen LogP contribution in [0.3, 0.4) is 0 Å². The Hall–Kier alpha value is -2.57. The Morgan fingerprint density at radius 2 is 1.95 bits per heavy atom. The Bertz CT molecular complexity index is 606. The van der Waals surface area contributed by atoms with Crippen LogP contribution in [0, 0.1) is 0 Å². The standard InChI is InChI=1S/C15H20N4O3/c1-4-19(5-2)15(20)16-10-13-17-14(18-22-13)11-6-8-12(21-3)9-7-11/h6-9H,4-5,10H2,1-3H3,(H,16,20). The van der Waals surface area contributed by atoms with E-state index >= 15 is 0 Å². The highest BCUT2D eigenvalue weighted by Crippen LogP contribution is 2.19. The summed E-state index contributed by atoms with van der Waals surface area (Å²) in [7, 11) is 1.61. The van der Waals surface area contributed by atoms with Crippen LogP contribution in [0.1, 0.15) is 19.7 Å². The molecule has 0 spiro atoms. The number of nitrogens with one attached hydrogen (secondary N) is 1. The van der Waals surface area contributed by atoms with Crippen molar-refractivity contribution in [2.75, 3.05) is 20.2 Å². The third kappa shape index (κ3) is 3.75. The molecule has 2 aromatic rings. The fourth-order valence-corrected chi connectivity index (χ4v) is 1.96. The van der Waals surface area contributed by atoms with Crippen LogP contribution in [0.5, 0.6) is 5.75 Å². The van der Waals surface area contributed by atoms with E-state index in [-0.39, 0.29) is 12.6 Å². The van der Waals surface area contributed by atoms with E-state index in [1.807, 2.05) is 38.1 Å². The quantitative estimate of drug-likeness (QED) is 0.885. The third-order valence-corrected chi connectivity index (χ3v) is 3.26. The van der Waals surface area contributed by atoms with Crippen molar-refractivity contribution in [2.45, 2.75) is 20.4 Å². The van der Waals surface area contributed by atoms with E-state index in [1.54, 1.807) is 12.0 Å². The molecule has 0 aliphatic carbocycles. The van der Waals surface area contributed by atoms with Gasteiger partial charge < -0.3 is 19.5 Å². The number of amides is 2. The molecule has 0 saturated heterocycles. The van der Waals surface area contributed by atoms with Gasteiger partial charge in [-0.2, -0.15) is 4.98 Å². The molecule has 0 aliphatic rings. The van der Waals surface area contributed by atoms with Gasteiger partial charge in [-0.05, 0) is 38.1 Å². The van der Waals surface area contributed by atoms with Crippen LogP contribution in [0.2, 0.25) is 0 Å². The molecule has 1 heterocycles. The summed E-state index contributed by atoms with van der Waals surface area (Å²) in [6.07, 6.45) is 0. The molecule has 0 atom stereocenters. The summed E-state index contributed by atoms with van der Waals surface area (Å²) in [4.78, 5) is 17.8. The summed E-state index contributed by atoms with van der Waals surface area (Å²) < 4.78 is 10.2. The smallest absolute Gasteiger partial charge is 0.317 e. The molecule has 1 aromatic heterocycles. The summed E-state index contributed by atoms with van der Waals surface area (Å²) in [5.41, 5.74) is 0.825. The predicted molar refractivity (Wildman–Crippen MR) is 81.4 cm³/mol. The number of benzene rings is 1. The molecular formula is C15H20N4O3. The van der Waals surface area contributed by atoms with E-state index in [0.29, 0.717) is 24.8 Å². The van der Waals surface area contributed by atoms with Gasteiger partial charge in [-0.15, -0.1) is 0 Å². The molecule has 2 amide bonds. The summed E-state index contributed by atoms with van der Waals surface area (Å²) in [6.45, 7) is 5.38. The Balaban J connectivity index is 1.97. The molecule has 7 nitrogen and oxygen atoms in total. The molecule has 2 rings (SSSR count).